The van der Waals surface area contributed by atoms with E-state index in [4.69, 9.17) is 23.2 Å². The normalized spacial score (nSPS) is 12.5. The molecule has 3 rings (SSSR count). The van der Waals surface area contributed by atoms with Crippen molar-refractivity contribution in [1.82, 2.24) is 10.2 Å². The monoisotopic (exact) mass is 603 g/mol. The lowest BCUT2D eigenvalue weighted by Gasteiger charge is -2.34. The molecule has 214 valence electrons. The molecule has 0 unspecified atom stereocenters. The zero-order valence-electron chi connectivity index (χ0n) is 23.5. The van der Waals surface area contributed by atoms with E-state index >= 15 is 0 Å². The molecule has 0 radical (unpaired) electrons. The van der Waals surface area contributed by atoms with Gasteiger partial charge in [0.2, 0.25) is 11.8 Å². The number of sulfonamides is 1. The summed E-state index contributed by atoms with van der Waals surface area (Å²) in [6.07, 6.45) is 0. The Morgan fingerprint density at radius 3 is 2.10 bits per heavy atom. The lowest BCUT2D eigenvalue weighted by Crippen LogP contribution is -2.54. The van der Waals surface area contributed by atoms with Gasteiger partial charge in [-0.25, -0.2) is 8.42 Å². The molecule has 3 aromatic rings. The number of amides is 2. The Hall–Kier alpha value is -3.07. The van der Waals surface area contributed by atoms with Crippen LogP contribution in [0.5, 0.6) is 0 Å². The highest BCUT2D eigenvalue weighted by atomic mass is 35.5. The van der Waals surface area contributed by atoms with Gasteiger partial charge >= 0.3 is 0 Å². The Kier molecular flexibility index (Phi) is 9.93. The molecule has 10 heteroatoms. The lowest BCUT2D eigenvalue weighted by atomic mass is 10.1. The van der Waals surface area contributed by atoms with Crippen molar-refractivity contribution < 1.29 is 18.0 Å². The maximum Gasteiger partial charge on any atom is 0.264 e. The minimum absolute atomic E-state index is 0.0444. The topological polar surface area (TPSA) is 86.8 Å². The molecule has 3 aromatic carbocycles. The van der Waals surface area contributed by atoms with Gasteiger partial charge in [-0.1, -0.05) is 59.6 Å². The number of rotatable bonds is 9. The number of carbonyl (C=O) groups excluding carboxylic acids is 2. The Labute approximate surface area is 247 Å². The van der Waals surface area contributed by atoms with E-state index in [1.165, 1.54) is 17.0 Å². The molecule has 0 aliphatic heterocycles. The summed E-state index contributed by atoms with van der Waals surface area (Å²) in [5.74, 6) is -0.985. The number of aryl methyl sites for hydroxylation is 2. The third-order valence-corrected chi connectivity index (χ3v) is 8.78. The van der Waals surface area contributed by atoms with Crippen LogP contribution < -0.4 is 9.62 Å². The summed E-state index contributed by atoms with van der Waals surface area (Å²) in [4.78, 5) is 28.7. The number of halogens is 2. The maximum atomic E-state index is 14.1. The van der Waals surface area contributed by atoms with Crippen molar-refractivity contribution in [3.8, 4) is 0 Å². The molecular weight excluding hydrogens is 569 g/mol. The fourth-order valence-corrected chi connectivity index (χ4v) is 6.14. The standard InChI is InChI=1S/C30H35Cl2N3O4S/c1-20-15-16-21(2)27(17-20)35(40(38,39)23-11-8-7-9-12-23)19-28(36)34(22(3)29(37)33-30(4,5)6)18-24-25(31)13-10-14-26(24)32/h7-17,22H,18-19H2,1-6H3,(H,33,37)/t22-/m1/s1. The number of carbonyl (C=O) groups is 2. The zero-order valence-corrected chi connectivity index (χ0v) is 25.9. The van der Waals surface area contributed by atoms with Gasteiger partial charge in [0.1, 0.15) is 12.6 Å². The van der Waals surface area contributed by atoms with Gasteiger partial charge in [-0.3, -0.25) is 13.9 Å². The van der Waals surface area contributed by atoms with Gasteiger partial charge in [0.25, 0.3) is 10.0 Å². The van der Waals surface area contributed by atoms with Crippen molar-refractivity contribution in [2.24, 2.45) is 0 Å². The highest BCUT2D eigenvalue weighted by Gasteiger charge is 2.34. The number of nitrogens with one attached hydrogen (secondary N) is 1. The first-order valence-corrected chi connectivity index (χ1v) is 15.0. The summed E-state index contributed by atoms with van der Waals surface area (Å²) >= 11 is 12.9. The molecule has 1 atom stereocenters. The van der Waals surface area contributed by atoms with Crippen LogP contribution in [0.3, 0.4) is 0 Å². The predicted octanol–water partition coefficient (Wildman–Crippen LogP) is 6.14. The van der Waals surface area contributed by atoms with Crippen LogP contribution in [0.15, 0.2) is 71.6 Å². The van der Waals surface area contributed by atoms with Gasteiger partial charge in [-0.15, -0.1) is 0 Å². The molecule has 1 N–H and O–H groups in total. The van der Waals surface area contributed by atoms with Crippen LogP contribution >= 0.6 is 23.2 Å². The summed E-state index contributed by atoms with van der Waals surface area (Å²) in [5, 5.41) is 3.56. The molecule has 0 spiro atoms. The minimum atomic E-state index is -4.15. The second-order valence-electron chi connectivity index (χ2n) is 10.8. The minimum Gasteiger partial charge on any atom is -0.350 e. The molecule has 0 saturated carbocycles. The smallest absolute Gasteiger partial charge is 0.264 e. The average Bonchev–Trinajstić information content (AvgIpc) is 2.87. The van der Waals surface area contributed by atoms with Gasteiger partial charge < -0.3 is 10.2 Å². The lowest BCUT2D eigenvalue weighted by molar-refractivity contribution is -0.140. The van der Waals surface area contributed by atoms with Crippen LogP contribution in [-0.4, -0.2) is 43.3 Å². The van der Waals surface area contributed by atoms with E-state index in [0.29, 0.717) is 26.9 Å². The van der Waals surface area contributed by atoms with Gasteiger partial charge in [0, 0.05) is 27.7 Å². The van der Waals surface area contributed by atoms with Crippen LogP contribution in [0.2, 0.25) is 10.0 Å². The number of benzene rings is 3. The molecule has 2 amide bonds. The van der Waals surface area contributed by atoms with Gasteiger partial charge in [-0.05, 0) is 83.0 Å². The van der Waals surface area contributed by atoms with Crippen molar-refractivity contribution in [3.05, 3.63) is 93.5 Å². The third-order valence-electron chi connectivity index (χ3n) is 6.30. The van der Waals surface area contributed by atoms with E-state index in [1.54, 1.807) is 56.3 Å². The second kappa shape index (κ2) is 12.6. The van der Waals surface area contributed by atoms with Crippen LogP contribution in [-0.2, 0) is 26.2 Å². The number of hydrogen-bond donors (Lipinski definition) is 1. The molecular formula is C30H35Cl2N3O4S. The Balaban J connectivity index is 2.11. The Morgan fingerprint density at radius 1 is 0.925 bits per heavy atom. The first kappa shape index (κ1) is 31.5. The summed E-state index contributed by atoms with van der Waals surface area (Å²) < 4.78 is 29.0. The molecule has 0 aliphatic carbocycles. The van der Waals surface area contributed by atoms with E-state index in [-0.39, 0.29) is 11.4 Å². The molecule has 0 heterocycles. The molecule has 7 nitrogen and oxygen atoms in total. The van der Waals surface area contributed by atoms with Crippen LogP contribution in [0, 0.1) is 13.8 Å². The second-order valence-corrected chi connectivity index (χ2v) is 13.4. The fourth-order valence-electron chi connectivity index (χ4n) is 4.13. The van der Waals surface area contributed by atoms with Crippen molar-refractivity contribution in [2.45, 2.75) is 64.6 Å². The van der Waals surface area contributed by atoms with Gasteiger partial charge in [0.05, 0.1) is 10.6 Å². The van der Waals surface area contributed by atoms with E-state index < -0.39 is 40.0 Å². The van der Waals surface area contributed by atoms with Crippen molar-refractivity contribution in [3.63, 3.8) is 0 Å². The van der Waals surface area contributed by atoms with E-state index in [2.05, 4.69) is 5.32 Å². The SMILES string of the molecule is Cc1ccc(C)c(N(CC(=O)N(Cc2c(Cl)cccc2Cl)[C@H](C)C(=O)NC(C)(C)C)S(=O)(=O)c2ccccc2)c1. The summed E-state index contributed by atoms with van der Waals surface area (Å²) in [6, 6.07) is 17.4. The first-order valence-electron chi connectivity index (χ1n) is 12.8. The van der Waals surface area contributed by atoms with Crippen LogP contribution in [0.4, 0.5) is 5.69 Å². The van der Waals surface area contributed by atoms with Crippen LogP contribution in [0.1, 0.15) is 44.4 Å². The van der Waals surface area contributed by atoms with E-state index in [0.717, 1.165) is 9.87 Å². The molecule has 0 bridgehead atoms. The quantitative estimate of drug-likeness (QED) is 0.318. The highest BCUT2D eigenvalue weighted by molar-refractivity contribution is 7.92. The highest BCUT2D eigenvalue weighted by Crippen LogP contribution is 2.30. The number of anilines is 1. The maximum absolute atomic E-state index is 14.1. The van der Waals surface area contributed by atoms with E-state index in [9.17, 15) is 18.0 Å². The largest absolute Gasteiger partial charge is 0.350 e. The Bertz CT molecular complexity index is 1470. The molecule has 0 aliphatic rings. The third kappa shape index (κ3) is 7.56. The summed E-state index contributed by atoms with van der Waals surface area (Å²) in [7, 11) is -4.15. The molecule has 0 aromatic heterocycles. The fraction of sp³-hybridized carbons (Fsp3) is 0.333. The summed E-state index contributed by atoms with van der Waals surface area (Å²) in [6.45, 7) is 10.1. The zero-order chi connectivity index (χ0) is 29.8. The van der Waals surface area contributed by atoms with Gasteiger partial charge in [-0.2, -0.15) is 0 Å². The summed E-state index contributed by atoms with van der Waals surface area (Å²) in [5.41, 5.74) is 1.79. The first-order chi connectivity index (χ1) is 18.6. The molecule has 0 saturated heterocycles. The van der Waals surface area contributed by atoms with Crippen LogP contribution in [0.25, 0.3) is 0 Å². The molecule has 0 fully saturated rings. The van der Waals surface area contributed by atoms with E-state index in [1.807, 2.05) is 39.8 Å². The molecule has 40 heavy (non-hydrogen) atoms. The number of hydrogen-bond acceptors (Lipinski definition) is 4. The Morgan fingerprint density at radius 2 is 1.52 bits per heavy atom. The van der Waals surface area contributed by atoms with Gasteiger partial charge in [0.15, 0.2) is 0 Å². The van der Waals surface area contributed by atoms with Crippen molar-refractivity contribution in [2.75, 3.05) is 10.8 Å². The average molecular weight is 605 g/mol. The van der Waals surface area contributed by atoms with Crippen molar-refractivity contribution in [1.29, 1.82) is 0 Å². The predicted molar refractivity (Wildman–Crippen MR) is 161 cm³/mol. The van der Waals surface area contributed by atoms with Crippen molar-refractivity contribution >= 4 is 50.7 Å². The number of nitrogens with zero attached hydrogens (tertiary/aromatic N) is 2.